The zero-order valence-electron chi connectivity index (χ0n) is 15.8. The van der Waals surface area contributed by atoms with Crippen LogP contribution in [-0.4, -0.2) is 55.8 Å². The van der Waals surface area contributed by atoms with Gasteiger partial charge in [0.1, 0.15) is 0 Å². The van der Waals surface area contributed by atoms with Crippen LogP contribution in [0.15, 0.2) is 29.2 Å². The molecule has 23 heavy (non-hydrogen) atoms. The third kappa shape index (κ3) is 5.69. The monoisotopic (exact) mass is 321 g/mol. The Labute approximate surface area is 142 Å². The lowest BCUT2D eigenvalue weighted by Gasteiger charge is -2.55. The highest BCUT2D eigenvalue weighted by molar-refractivity contribution is 5.54. The highest BCUT2D eigenvalue weighted by Crippen LogP contribution is 2.42. The summed E-state index contributed by atoms with van der Waals surface area (Å²) in [6.07, 6.45) is 7.38. The van der Waals surface area contributed by atoms with Crippen LogP contribution in [0.3, 0.4) is 0 Å². The van der Waals surface area contributed by atoms with E-state index in [0.717, 1.165) is 24.5 Å². The number of piperidine rings is 1. The lowest BCUT2D eigenvalue weighted by atomic mass is 9.72. The van der Waals surface area contributed by atoms with E-state index in [4.69, 9.17) is 4.74 Å². The molecular formula is C19H35N3O. The summed E-state index contributed by atoms with van der Waals surface area (Å²) in [5.41, 5.74) is 1.49. The van der Waals surface area contributed by atoms with Gasteiger partial charge < -0.3 is 14.5 Å². The average Bonchev–Trinajstić information content (AvgIpc) is 2.50. The number of hydrogen-bond donors (Lipinski definition) is 0. The molecule has 0 aromatic rings. The molecule has 0 radical (unpaired) electrons. The van der Waals surface area contributed by atoms with Gasteiger partial charge in [-0.25, -0.2) is 0 Å². The number of rotatable bonds is 5. The summed E-state index contributed by atoms with van der Waals surface area (Å²) in [6.45, 7) is 17.6. The highest BCUT2D eigenvalue weighted by Gasteiger charge is 2.45. The summed E-state index contributed by atoms with van der Waals surface area (Å²) in [6, 6.07) is 0. The number of likely N-dealkylation sites (tertiary alicyclic amines) is 2. The summed E-state index contributed by atoms with van der Waals surface area (Å²) in [5.74, 6) is 0.799. The van der Waals surface area contributed by atoms with Crippen molar-refractivity contribution >= 4 is 6.21 Å². The Kier molecular flexibility index (Phi) is 8.38. The fraction of sp³-hybridized carbons (Fsp3) is 0.737. The first kappa shape index (κ1) is 19.8. The zero-order valence-corrected chi connectivity index (χ0v) is 15.8. The van der Waals surface area contributed by atoms with Crippen molar-refractivity contribution < 1.29 is 4.74 Å². The molecule has 4 heteroatoms. The van der Waals surface area contributed by atoms with Gasteiger partial charge >= 0.3 is 0 Å². The summed E-state index contributed by atoms with van der Waals surface area (Å²) < 4.78 is 5.65. The van der Waals surface area contributed by atoms with Crippen LogP contribution in [-0.2, 0) is 4.74 Å². The maximum absolute atomic E-state index is 5.65. The van der Waals surface area contributed by atoms with Gasteiger partial charge in [-0.05, 0) is 46.8 Å². The molecule has 1 spiro atoms. The Morgan fingerprint density at radius 2 is 1.78 bits per heavy atom. The molecule has 0 aromatic carbocycles. The minimum absolute atomic E-state index is 0.515. The van der Waals surface area contributed by atoms with Crippen molar-refractivity contribution in [1.82, 2.24) is 9.80 Å². The first-order valence-corrected chi connectivity index (χ1v) is 8.95. The zero-order chi connectivity index (χ0) is 17.3. The molecule has 0 amide bonds. The third-order valence-electron chi connectivity index (χ3n) is 4.41. The number of aliphatic imine (C=N–C) groups is 1. The van der Waals surface area contributed by atoms with Crippen molar-refractivity contribution in [3.05, 3.63) is 24.2 Å². The molecule has 132 valence electrons. The predicted molar refractivity (Wildman–Crippen MR) is 99.7 cm³/mol. The van der Waals surface area contributed by atoms with E-state index < -0.39 is 0 Å². The van der Waals surface area contributed by atoms with E-state index in [1.807, 2.05) is 13.8 Å². The van der Waals surface area contributed by atoms with E-state index >= 15 is 0 Å². The fourth-order valence-corrected chi connectivity index (χ4v) is 3.01. The Hall–Kier alpha value is -1.29. The SMILES string of the molecule is C=C(/C(=C\N=CC)OCC)N1CC2(CCN(C)CC2)C1.CCC. The second-order valence-electron chi connectivity index (χ2n) is 6.65. The largest absolute Gasteiger partial charge is 0.490 e. The van der Waals surface area contributed by atoms with Gasteiger partial charge in [0.2, 0.25) is 0 Å². The van der Waals surface area contributed by atoms with Gasteiger partial charge in [-0.3, -0.25) is 4.99 Å². The van der Waals surface area contributed by atoms with Gasteiger partial charge in [0.05, 0.1) is 18.5 Å². The normalized spacial score (nSPS) is 20.9. The van der Waals surface area contributed by atoms with Crippen molar-refractivity contribution in [2.24, 2.45) is 10.4 Å². The Balaban J connectivity index is 0.000000816. The van der Waals surface area contributed by atoms with Gasteiger partial charge in [-0.2, -0.15) is 0 Å². The van der Waals surface area contributed by atoms with Gasteiger partial charge in [-0.1, -0.05) is 26.8 Å². The maximum atomic E-state index is 5.65. The molecule has 2 aliphatic rings. The molecule has 2 rings (SSSR count). The van der Waals surface area contributed by atoms with Crippen LogP contribution in [0.1, 0.15) is 47.0 Å². The second-order valence-corrected chi connectivity index (χ2v) is 6.65. The van der Waals surface area contributed by atoms with Crippen molar-refractivity contribution in [2.75, 3.05) is 39.8 Å². The second kappa shape index (κ2) is 9.76. The molecular weight excluding hydrogens is 286 g/mol. The van der Waals surface area contributed by atoms with Crippen molar-refractivity contribution in [2.45, 2.75) is 47.0 Å². The molecule has 0 aromatic heterocycles. The Bertz CT molecular complexity index is 412. The van der Waals surface area contributed by atoms with E-state index in [0.29, 0.717) is 12.0 Å². The first-order chi connectivity index (χ1) is 11.0. The van der Waals surface area contributed by atoms with Gasteiger partial charge in [0.15, 0.2) is 5.76 Å². The van der Waals surface area contributed by atoms with Crippen LogP contribution in [0, 0.1) is 5.41 Å². The Morgan fingerprint density at radius 3 is 2.26 bits per heavy atom. The van der Waals surface area contributed by atoms with E-state index in [1.54, 1.807) is 12.4 Å². The quantitative estimate of drug-likeness (QED) is 0.436. The number of nitrogens with zero attached hydrogens (tertiary/aromatic N) is 3. The fourth-order valence-electron chi connectivity index (χ4n) is 3.01. The molecule has 0 unspecified atom stereocenters. The summed E-state index contributed by atoms with van der Waals surface area (Å²) in [5, 5.41) is 0. The lowest BCUT2D eigenvalue weighted by Crippen LogP contribution is -2.59. The van der Waals surface area contributed by atoms with Crippen LogP contribution in [0.2, 0.25) is 0 Å². The molecule has 2 aliphatic heterocycles. The van der Waals surface area contributed by atoms with Crippen LogP contribution in [0.25, 0.3) is 0 Å². The van der Waals surface area contributed by atoms with Gasteiger partial charge in [0.25, 0.3) is 0 Å². The Morgan fingerprint density at radius 1 is 1.22 bits per heavy atom. The van der Waals surface area contributed by atoms with Crippen molar-refractivity contribution in [1.29, 1.82) is 0 Å². The van der Waals surface area contributed by atoms with Crippen LogP contribution in [0.4, 0.5) is 0 Å². The number of ether oxygens (including phenoxy) is 1. The maximum Gasteiger partial charge on any atom is 0.160 e. The molecule has 0 N–H and O–H groups in total. The minimum atomic E-state index is 0.515. The van der Waals surface area contributed by atoms with E-state index in [9.17, 15) is 0 Å². The topological polar surface area (TPSA) is 28.1 Å². The minimum Gasteiger partial charge on any atom is -0.490 e. The molecule has 0 atom stereocenters. The standard InChI is InChI=1S/C16H27N3O.C3H8/c1-5-17-11-15(20-6-2)14(3)19-12-16(13-19)7-9-18(4)10-8-16;1-3-2/h5,11H,3,6-10,12-13H2,1-2,4H3;3H2,1-2H3/b15-11+,17-5?;. The molecule has 0 aliphatic carbocycles. The third-order valence-corrected chi connectivity index (χ3v) is 4.41. The molecule has 2 saturated heterocycles. The van der Waals surface area contributed by atoms with Gasteiger partial charge in [0, 0.05) is 24.7 Å². The van der Waals surface area contributed by atoms with Crippen LogP contribution < -0.4 is 0 Å². The van der Waals surface area contributed by atoms with Gasteiger partial charge in [-0.15, -0.1) is 0 Å². The molecule has 4 nitrogen and oxygen atoms in total. The predicted octanol–water partition coefficient (Wildman–Crippen LogP) is 3.91. The molecule has 2 fully saturated rings. The van der Waals surface area contributed by atoms with Crippen molar-refractivity contribution in [3.8, 4) is 0 Å². The van der Waals surface area contributed by atoms with E-state index in [2.05, 4.69) is 42.3 Å². The van der Waals surface area contributed by atoms with Crippen LogP contribution >= 0.6 is 0 Å². The van der Waals surface area contributed by atoms with Crippen LogP contribution in [0.5, 0.6) is 0 Å². The summed E-state index contributed by atoms with van der Waals surface area (Å²) in [4.78, 5) is 8.91. The average molecular weight is 322 g/mol. The van der Waals surface area contributed by atoms with Crippen molar-refractivity contribution in [3.63, 3.8) is 0 Å². The van der Waals surface area contributed by atoms with E-state index in [1.165, 1.54) is 32.4 Å². The molecule has 2 heterocycles. The molecule has 0 bridgehead atoms. The van der Waals surface area contributed by atoms with E-state index in [-0.39, 0.29) is 0 Å². The lowest BCUT2D eigenvalue weighted by molar-refractivity contribution is -0.0238. The summed E-state index contributed by atoms with van der Waals surface area (Å²) in [7, 11) is 2.21. The summed E-state index contributed by atoms with van der Waals surface area (Å²) >= 11 is 0. The smallest absolute Gasteiger partial charge is 0.160 e. The first-order valence-electron chi connectivity index (χ1n) is 8.95. The number of hydrogen-bond acceptors (Lipinski definition) is 4. The highest BCUT2D eigenvalue weighted by atomic mass is 16.5. The molecule has 0 saturated carbocycles.